The molecule has 0 bridgehead atoms. The Kier molecular flexibility index (Phi) is 7.93. The Hall–Kier alpha value is -1.32. The molecule has 146 valence electrons. The van der Waals surface area contributed by atoms with Crippen LogP contribution in [0.2, 0.25) is 10.0 Å². The van der Waals surface area contributed by atoms with Gasteiger partial charge >= 0.3 is 5.97 Å². The summed E-state index contributed by atoms with van der Waals surface area (Å²) in [4.78, 5) is 11.5. The molecule has 1 N–H and O–H groups in total. The molecule has 0 aliphatic heterocycles. The summed E-state index contributed by atoms with van der Waals surface area (Å²) in [6.07, 6.45) is 0. The molecular formula is C17H16Cl2FNO4S2. The van der Waals surface area contributed by atoms with Crippen LogP contribution in [0.4, 0.5) is 4.39 Å². The molecular weight excluding hydrogens is 436 g/mol. The second-order valence-electron chi connectivity index (χ2n) is 5.28. The van der Waals surface area contributed by atoms with Gasteiger partial charge in [0.2, 0.25) is 10.0 Å². The normalized spacial score (nSPS) is 11.4. The SMILES string of the molecule is COC(=O)c1cc(S(=O)(=O)NCCSCc2c(F)cccc2Cl)ccc1Cl. The lowest BCUT2D eigenvalue weighted by molar-refractivity contribution is 0.0600. The number of esters is 1. The highest BCUT2D eigenvalue weighted by Crippen LogP contribution is 2.24. The van der Waals surface area contributed by atoms with E-state index in [-0.39, 0.29) is 22.0 Å². The minimum atomic E-state index is -3.83. The number of nitrogens with one attached hydrogen (secondary N) is 1. The zero-order valence-corrected chi connectivity index (χ0v) is 17.3. The van der Waals surface area contributed by atoms with Crippen molar-refractivity contribution < 1.29 is 22.3 Å². The molecule has 0 radical (unpaired) electrons. The number of halogens is 3. The van der Waals surface area contributed by atoms with E-state index in [1.54, 1.807) is 6.07 Å². The van der Waals surface area contributed by atoms with E-state index in [0.717, 1.165) is 6.07 Å². The van der Waals surface area contributed by atoms with Crippen molar-refractivity contribution >= 4 is 51.0 Å². The van der Waals surface area contributed by atoms with Crippen LogP contribution in [-0.2, 0) is 20.5 Å². The molecule has 0 aromatic heterocycles. The third-order valence-corrected chi connectivity index (χ3v) is 6.63. The summed E-state index contributed by atoms with van der Waals surface area (Å²) in [6.45, 7) is 0.120. The van der Waals surface area contributed by atoms with Crippen LogP contribution in [-0.4, -0.2) is 33.8 Å². The van der Waals surface area contributed by atoms with Crippen molar-refractivity contribution in [2.75, 3.05) is 19.4 Å². The average molecular weight is 452 g/mol. The van der Waals surface area contributed by atoms with Crippen molar-refractivity contribution in [3.8, 4) is 0 Å². The van der Waals surface area contributed by atoms with E-state index in [1.165, 1.54) is 43.1 Å². The Morgan fingerprint density at radius 2 is 1.96 bits per heavy atom. The number of methoxy groups -OCH3 is 1. The molecule has 27 heavy (non-hydrogen) atoms. The number of benzene rings is 2. The molecule has 0 unspecified atom stereocenters. The predicted molar refractivity (Wildman–Crippen MR) is 106 cm³/mol. The zero-order valence-electron chi connectivity index (χ0n) is 14.2. The van der Waals surface area contributed by atoms with Crippen LogP contribution in [0.1, 0.15) is 15.9 Å². The third-order valence-electron chi connectivity index (χ3n) is 3.50. The Morgan fingerprint density at radius 1 is 1.22 bits per heavy atom. The quantitative estimate of drug-likeness (QED) is 0.482. The van der Waals surface area contributed by atoms with Gasteiger partial charge in [-0.15, -0.1) is 0 Å². The predicted octanol–water partition coefficient (Wildman–Crippen LogP) is 4.13. The molecule has 0 amide bonds. The summed E-state index contributed by atoms with van der Waals surface area (Å²) < 4.78 is 45.4. The zero-order chi connectivity index (χ0) is 20.0. The van der Waals surface area contributed by atoms with Gasteiger partial charge in [-0.2, -0.15) is 11.8 Å². The molecule has 0 spiro atoms. The Labute approximate surface area is 171 Å². The fourth-order valence-corrected chi connectivity index (χ4v) is 4.69. The number of thioether (sulfide) groups is 1. The van der Waals surface area contributed by atoms with Crippen LogP contribution in [0.15, 0.2) is 41.3 Å². The molecule has 5 nitrogen and oxygen atoms in total. The number of carbonyl (C=O) groups is 1. The standard InChI is InChI=1S/C17H16Cl2FNO4S2/c1-25-17(22)12-9-11(5-6-15(12)19)27(23,24)21-7-8-26-10-13-14(18)3-2-4-16(13)20/h2-6,9,21H,7-8,10H2,1H3. The minimum Gasteiger partial charge on any atom is -0.465 e. The van der Waals surface area contributed by atoms with E-state index < -0.39 is 21.8 Å². The number of sulfonamides is 1. The third kappa shape index (κ3) is 5.83. The van der Waals surface area contributed by atoms with Gasteiger partial charge < -0.3 is 4.74 Å². The molecule has 0 aliphatic carbocycles. The topological polar surface area (TPSA) is 72.5 Å². The van der Waals surface area contributed by atoms with Crippen LogP contribution in [0, 0.1) is 5.82 Å². The van der Waals surface area contributed by atoms with Gasteiger partial charge in [-0.1, -0.05) is 29.3 Å². The largest absolute Gasteiger partial charge is 0.465 e. The highest BCUT2D eigenvalue weighted by atomic mass is 35.5. The van der Waals surface area contributed by atoms with E-state index in [4.69, 9.17) is 23.2 Å². The lowest BCUT2D eigenvalue weighted by atomic mass is 10.2. The molecule has 2 rings (SSSR count). The first-order valence-corrected chi connectivity index (χ1v) is 11.0. The van der Waals surface area contributed by atoms with Crippen LogP contribution < -0.4 is 4.72 Å². The number of hydrogen-bond acceptors (Lipinski definition) is 5. The van der Waals surface area contributed by atoms with E-state index in [2.05, 4.69) is 9.46 Å². The van der Waals surface area contributed by atoms with Gasteiger partial charge in [-0.3, -0.25) is 0 Å². The number of hydrogen-bond donors (Lipinski definition) is 1. The summed E-state index contributed by atoms with van der Waals surface area (Å²) in [5.74, 6) is -0.399. The van der Waals surface area contributed by atoms with Crippen LogP contribution >= 0.6 is 35.0 Å². The summed E-state index contributed by atoms with van der Waals surface area (Å²) in [5.41, 5.74) is 0.345. The number of carbonyl (C=O) groups excluding carboxylic acids is 1. The van der Waals surface area contributed by atoms with Gasteiger partial charge in [0.15, 0.2) is 0 Å². The molecule has 0 atom stereocenters. The van der Waals surface area contributed by atoms with Crippen molar-refractivity contribution in [3.05, 3.63) is 63.4 Å². The van der Waals surface area contributed by atoms with E-state index >= 15 is 0 Å². The first kappa shape index (κ1) is 22.0. The molecule has 10 heteroatoms. The summed E-state index contributed by atoms with van der Waals surface area (Å²) in [6, 6.07) is 8.21. The van der Waals surface area contributed by atoms with Crippen molar-refractivity contribution in [2.24, 2.45) is 0 Å². The minimum absolute atomic E-state index is 0.0365. The molecule has 0 heterocycles. The lowest BCUT2D eigenvalue weighted by Crippen LogP contribution is -2.26. The number of rotatable bonds is 8. The Balaban J connectivity index is 1.94. The van der Waals surface area contributed by atoms with Crippen molar-refractivity contribution in [3.63, 3.8) is 0 Å². The molecule has 0 fully saturated rings. The maximum Gasteiger partial charge on any atom is 0.339 e. The van der Waals surface area contributed by atoms with Gasteiger partial charge in [-0.05, 0) is 30.3 Å². The summed E-state index contributed by atoms with van der Waals surface area (Å²) in [7, 11) is -2.65. The molecule has 0 saturated heterocycles. The molecule has 0 saturated carbocycles. The Bertz CT molecular complexity index is 918. The molecule has 2 aromatic carbocycles. The molecule has 2 aromatic rings. The van der Waals surface area contributed by atoms with Crippen LogP contribution in [0.3, 0.4) is 0 Å². The monoisotopic (exact) mass is 451 g/mol. The fraction of sp³-hybridized carbons (Fsp3) is 0.235. The summed E-state index contributed by atoms with van der Waals surface area (Å²) in [5, 5.41) is 0.428. The van der Waals surface area contributed by atoms with Gasteiger partial charge in [0.25, 0.3) is 0 Å². The first-order valence-electron chi connectivity index (χ1n) is 7.64. The summed E-state index contributed by atoms with van der Waals surface area (Å²) >= 11 is 13.2. The highest BCUT2D eigenvalue weighted by Gasteiger charge is 2.19. The van der Waals surface area contributed by atoms with Gasteiger partial charge in [0, 0.05) is 28.6 Å². The van der Waals surface area contributed by atoms with Gasteiger partial charge in [0.05, 0.1) is 22.6 Å². The van der Waals surface area contributed by atoms with E-state index in [9.17, 15) is 17.6 Å². The fourth-order valence-electron chi connectivity index (χ4n) is 2.11. The van der Waals surface area contributed by atoms with Crippen LogP contribution in [0.5, 0.6) is 0 Å². The van der Waals surface area contributed by atoms with Crippen molar-refractivity contribution in [1.29, 1.82) is 0 Å². The van der Waals surface area contributed by atoms with E-state index in [1.807, 2.05) is 0 Å². The van der Waals surface area contributed by atoms with Gasteiger partial charge in [-0.25, -0.2) is 22.3 Å². The average Bonchev–Trinajstić information content (AvgIpc) is 2.63. The maximum absolute atomic E-state index is 13.7. The molecule has 0 aliphatic rings. The smallest absolute Gasteiger partial charge is 0.339 e. The van der Waals surface area contributed by atoms with Crippen LogP contribution in [0.25, 0.3) is 0 Å². The van der Waals surface area contributed by atoms with E-state index in [0.29, 0.717) is 22.1 Å². The lowest BCUT2D eigenvalue weighted by Gasteiger charge is -2.09. The second-order valence-corrected chi connectivity index (χ2v) is 8.97. The maximum atomic E-state index is 13.7. The number of ether oxygens (including phenoxy) is 1. The van der Waals surface area contributed by atoms with Crippen molar-refractivity contribution in [1.82, 2.24) is 4.72 Å². The first-order chi connectivity index (χ1) is 12.8. The van der Waals surface area contributed by atoms with Gasteiger partial charge in [0.1, 0.15) is 5.82 Å². The Morgan fingerprint density at radius 3 is 2.63 bits per heavy atom. The van der Waals surface area contributed by atoms with Crippen molar-refractivity contribution in [2.45, 2.75) is 10.6 Å². The second kappa shape index (κ2) is 9.75. The highest BCUT2D eigenvalue weighted by molar-refractivity contribution is 7.98.